The summed E-state index contributed by atoms with van der Waals surface area (Å²) in [5.41, 5.74) is 1.94. The van der Waals surface area contributed by atoms with E-state index in [1.54, 1.807) is 6.92 Å². The average Bonchev–Trinajstić information content (AvgIpc) is 2.46. The number of rotatable bonds is 6. The Morgan fingerprint density at radius 3 is 2.52 bits per heavy atom. The summed E-state index contributed by atoms with van der Waals surface area (Å²) in [5, 5.41) is 0. The first-order chi connectivity index (χ1) is 9.69. The van der Waals surface area contributed by atoms with Gasteiger partial charge in [-0.05, 0) is 63.0 Å². The number of ether oxygens (including phenoxy) is 1. The molecule has 1 aliphatic rings. The first-order valence-corrected chi connectivity index (χ1v) is 7.69. The lowest BCUT2D eigenvalue weighted by atomic mass is 10.1. The highest BCUT2D eigenvalue weighted by Crippen LogP contribution is 2.21. The molecule has 1 aliphatic heterocycles. The van der Waals surface area contributed by atoms with E-state index in [2.05, 4.69) is 17.9 Å². The van der Waals surface area contributed by atoms with Crippen molar-refractivity contribution in [3.8, 4) is 5.75 Å². The highest BCUT2D eigenvalue weighted by molar-refractivity contribution is 5.94. The predicted octanol–water partition coefficient (Wildman–Crippen LogP) is 4.09. The van der Waals surface area contributed by atoms with Gasteiger partial charge in [0.25, 0.3) is 0 Å². The molecule has 0 saturated carbocycles. The van der Waals surface area contributed by atoms with Crippen LogP contribution in [0.3, 0.4) is 0 Å². The second-order valence-electron chi connectivity index (χ2n) is 5.61. The minimum Gasteiger partial charge on any atom is -0.494 e. The van der Waals surface area contributed by atoms with Gasteiger partial charge in [0, 0.05) is 12.1 Å². The normalized spacial score (nSPS) is 15.3. The van der Waals surface area contributed by atoms with Crippen LogP contribution in [0.25, 0.3) is 0 Å². The van der Waals surface area contributed by atoms with Gasteiger partial charge in [0.15, 0.2) is 5.78 Å². The van der Waals surface area contributed by atoms with E-state index in [4.69, 9.17) is 4.74 Å². The predicted molar refractivity (Wildman–Crippen MR) is 88.6 cm³/mol. The van der Waals surface area contributed by atoms with E-state index in [1.165, 1.54) is 24.8 Å². The zero-order valence-corrected chi connectivity index (χ0v) is 13.9. The third kappa shape index (κ3) is 5.68. The maximum atomic E-state index is 11.6. The van der Waals surface area contributed by atoms with Crippen molar-refractivity contribution in [2.24, 2.45) is 0 Å². The largest absolute Gasteiger partial charge is 0.494 e. The summed E-state index contributed by atoms with van der Waals surface area (Å²) in [7, 11) is 0. The first kappa shape index (κ1) is 18.0. The fourth-order valence-corrected chi connectivity index (χ4v) is 2.63. The van der Waals surface area contributed by atoms with Crippen molar-refractivity contribution in [3.05, 3.63) is 29.3 Å². The van der Waals surface area contributed by atoms with Crippen LogP contribution >= 0.6 is 12.4 Å². The molecule has 4 heteroatoms. The van der Waals surface area contributed by atoms with Crippen molar-refractivity contribution < 1.29 is 9.53 Å². The maximum Gasteiger partial charge on any atom is 0.159 e. The van der Waals surface area contributed by atoms with Crippen LogP contribution in [0.2, 0.25) is 0 Å². The molecule has 0 N–H and O–H groups in total. The smallest absolute Gasteiger partial charge is 0.159 e. The zero-order valence-electron chi connectivity index (χ0n) is 13.1. The molecule has 0 aliphatic carbocycles. The number of carbonyl (C=O) groups is 1. The molecule has 0 bridgehead atoms. The summed E-state index contributed by atoms with van der Waals surface area (Å²) >= 11 is 0. The highest BCUT2D eigenvalue weighted by atomic mass is 35.5. The average molecular weight is 312 g/mol. The molecule has 1 aromatic carbocycles. The monoisotopic (exact) mass is 311 g/mol. The third-order valence-electron chi connectivity index (χ3n) is 3.70. The summed E-state index contributed by atoms with van der Waals surface area (Å²) in [6.07, 6.45) is 4.89. The first-order valence-electron chi connectivity index (χ1n) is 7.69. The molecule has 3 nitrogen and oxygen atoms in total. The molecule has 0 spiro atoms. The molecule has 0 radical (unpaired) electrons. The lowest BCUT2D eigenvalue weighted by molar-refractivity contribution is 0.101. The van der Waals surface area contributed by atoms with E-state index in [-0.39, 0.29) is 18.2 Å². The van der Waals surface area contributed by atoms with E-state index in [9.17, 15) is 4.79 Å². The minimum absolute atomic E-state index is 0. The summed E-state index contributed by atoms with van der Waals surface area (Å²) in [6, 6.07) is 5.95. The van der Waals surface area contributed by atoms with Crippen molar-refractivity contribution in [2.75, 3.05) is 19.7 Å². The number of piperidine rings is 1. The Morgan fingerprint density at radius 2 is 1.90 bits per heavy atom. The van der Waals surface area contributed by atoms with Crippen LogP contribution in [0.15, 0.2) is 18.2 Å². The van der Waals surface area contributed by atoms with Gasteiger partial charge in [0.2, 0.25) is 0 Å². The van der Waals surface area contributed by atoms with Crippen LogP contribution in [0.5, 0.6) is 5.75 Å². The zero-order chi connectivity index (χ0) is 14.4. The van der Waals surface area contributed by atoms with Crippen LogP contribution in [0, 0.1) is 0 Å². The highest BCUT2D eigenvalue weighted by Gasteiger charge is 2.12. The van der Waals surface area contributed by atoms with Crippen LogP contribution in [0.1, 0.15) is 55.5 Å². The number of carbonyl (C=O) groups excluding carboxylic acids is 1. The van der Waals surface area contributed by atoms with Crippen molar-refractivity contribution >= 4 is 18.2 Å². The number of benzene rings is 1. The van der Waals surface area contributed by atoms with Gasteiger partial charge in [-0.15, -0.1) is 12.4 Å². The van der Waals surface area contributed by atoms with Crippen molar-refractivity contribution in [2.45, 2.75) is 46.1 Å². The molecule has 0 atom stereocenters. The number of ketones is 1. The van der Waals surface area contributed by atoms with Gasteiger partial charge in [-0.3, -0.25) is 9.69 Å². The van der Waals surface area contributed by atoms with Gasteiger partial charge in [-0.1, -0.05) is 13.3 Å². The molecule has 0 amide bonds. The Balaban J connectivity index is 0.00000220. The molecular weight excluding hydrogens is 286 g/mol. The molecule has 1 aromatic rings. The van der Waals surface area contributed by atoms with Crippen molar-refractivity contribution in [1.82, 2.24) is 4.90 Å². The Bertz CT molecular complexity index is 456. The molecule has 1 fully saturated rings. The summed E-state index contributed by atoms with van der Waals surface area (Å²) in [4.78, 5) is 14.1. The van der Waals surface area contributed by atoms with Gasteiger partial charge in [-0.25, -0.2) is 0 Å². The van der Waals surface area contributed by atoms with Gasteiger partial charge in [0.1, 0.15) is 5.75 Å². The van der Waals surface area contributed by atoms with Gasteiger partial charge >= 0.3 is 0 Å². The second kappa shape index (κ2) is 9.06. The number of halogens is 1. The van der Waals surface area contributed by atoms with E-state index in [0.29, 0.717) is 6.61 Å². The minimum atomic E-state index is 0. The quantitative estimate of drug-likeness (QED) is 0.741. The SMILES string of the molecule is CCCOc1cc(CN2CCCCC2)cc(C(C)=O)c1.Cl. The Hall–Kier alpha value is -1.06. The van der Waals surface area contributed by atoms with E-state index < -0.39 is 0 Å². The Kier molecular flexibility index (Phi) is 7.76. The van der Waals surface area contributed by atoms with Crippen LogP contribution in [-0.2, 0) is 6.54 Å². The van der Waals surface area contributed by atoms with Gasteiger partial charge < -0.3 is 4.74 Å². The molecule has 0 unspecified atom stereocenters. The number of hydrogen-bond donors (Lipinski definition) is 0. The van der Waals surface area contributed by atoms with E-state index in [0.717, 1.165) is 37.4 Å². The van der Waals surface area contributed by atoms with Crippen molar-refractivity contribution in [1.29, 1.82) is 0 Å². The van der Waals surface area contributed by atoms with E-state index >= 15 is 0 Å². The standard InChI is InChI=1S/C17H25NO2.ClH/c1-3-9-20-17-11-15(10-16(12-17)14(2)19)13-18-7-5-4-6-8-18;/h10-12H,3-9,13H2,1-2H3;1H. The topological polar surface area (TPSA) is 29.5 Å². The third-order valence-corrected chi connectivity index (χ3v) is 3.70. The summed E-state index contributed by atoms with van der Waals surface area (Å²) in [5.74, 6) is 0.929. The van der Waals surface area contributed by atoms with Gasteiger partial charge in [-0.2, -0.15) is 0 Å². The molecule has 0 aromatic heterocycles. The molecule has 2 rings (SSSR count). The lowest BCUT2D eigenvalue weighted by Gasteiger charge is -2.26. The number of hydrogen-bond acceptors (Lipinski definition) is 3. The summed E-state index contributed by atoms with van der Waals surface area (Å²) < 4.78 is 5.71. The molecular formula is C17H26ClNO2. The Morgan fingerprint density at radius 1 is 1.19 bits per heavy atom. The second-order valence-corrected chi connectivity index (χ2v) is 5.61. The van der Waals surface area contributed by atoms with Crippen molar-refractivity contribution in [3.63, 3.8) is 0 Å². The molecule has 1 heterocycles. The van der Waals surface area contributed by atoms with E-state index in [1.807, 2.05) is 12.1 Å². The van der Waals surface area contributed by atoms with Crippen LogP contribution in [-0.4, -0.2) is 30.4 Å². The Labute approximate surface area is 134 Å². The lowest BCUT2D eigenvalue weighted by Crippen LogP contribution is -2.29. The maximum absolute atomic E-state index is 11.6. The molecule has 118 valence electrons. The number of nitrogens with zero attached hydrogens (tertiary/aromatic N) is 1. The number of Topliss-reactive ketones (excluding diaryl/α,β-unsaturated/α-hetero) is 1. The summed E-state index contributed by atoms with van der Waals surface area (Å²) in [6.45, 7) is 7.64. The van der Waals surface area contributed by atoms with Crippen LogP contribution < -0.4 is 4.74 Å². The molecule has 21 heavy (non-hydrogen) atoms. The fourth-order valence-electron chi connectivity index (χ4n) is 2.63. The van der Waals surface area contributed by atoms with Crippen LogP contribution in [0.4, 0.5) is 0 Å². The number of likely N-dealkylation sites (tertiary alicyclic amines) is 1. The molecule has 1 saturated heterocycles. The van der Waals surface area contributed by atoms with Gasteiger partial charge in [0.05, 0.1) is 6.61 Å². The fraction of sp³-hybridized carbons (Fsp3) is 0.588.